The molecule has 0 saturated carbocycles. The Bertz CT molecular complexity index is 770. The number of rotatable bonds is 4. The van der Waals surface area contributed by atoms with Gasteiger partial charge in [-0.3, -0.25) is 4.79 Å². The van der Waals surface area contributed by atoms with Crippen LogP contribution in [0.4, 0.5) is 0 Å². The van der Waals surface area contributed by atoms with Crippen LogP contribution < -0.4 is 0 Å². The molecule has 25 heavy (non-hydrogen) atoms. The highest BCUT2D eigenvalue weighted by molar-refractivity contribution is 5.81. The van der Waals surface area contributed by atoms with Gasteiger partial charge in [0.1, 0.15) is 0 Å². The molecule has 1 saturated heterocycles. The number of aldehydes is 1. The van der Waals surface area contributed by atoms with Crippen molar-refractivity contribution in [3.8, 4) is 0 Å². The molecule has 0 radical (unpaired) electrons. The van der Waals surface area contributed by atoms with E-state index in [2.05, 4.69) is 42.7 Å². The van der Waals surface area contributed by atoms with E-state index in [-0.39, 0.29) is 5.92 Å². The highest BCUT2D eigenvalue weighted by atomic mass is 16.7. The standard InChI is InChI=1S/C21H25NO3/c1-15(2)20-18(14-23)17-12-21(24-10-11-25-21)9-8-19(17)22(20)13-16-6-4-3-5-7-16/h3-7,14-15H,8-13H2,1-2H3. The lowest BCUT2D eigenvalue weighted by Gasteiger charge is -2.32. The van der Waals surface area contributed by atoms with E-state index in [0.717, 1.165) is 42.5 Å². The first-order valence-electron chi connectivity index (χ1n) is 9.15. The molecule has 1 aromatic carbocycles. The summed E-state index contributed by atoms with van der Waals surface area (Å²) in [5.74, 6) is -0.228. The zero-order chi connectivity index (χ0) is 17.4. The van der Waals surface area contributed by atoms with E-state index in [1.54, 1.807) is 0 Å². The summed E-state index contributed by atoms with van der Waals surface area (Å²) in [4.78, 5) is 12.0. The van der Waals surface area contributed by atoms with Crippen molar-refractivity contribution >= 4 is 6.29 Å². The molecule has 0 unspecified atom stereocenters. The van der Waals surface area contributed by atoms with Crippen molar-refractivity contribution in [2.24, 2.45) is 0 Å². The fourth-order valence-corrected chi connectivity index (χ4v) is 4.36. The molecular weight excluding hydrogens is 314 g/mol. The predicted molar refractivity (Wildman–Crippen MR) is 96.1 cm³/mol. The monoisotopic (exact) mass is 339 g/mol. The first-order valence-corrected chi connectivity index (χ1v) is 9.15. The molecule has 1 aliphatic heterocycles. The number of carbonyl (C=O) groups excluding carboxylic acids is 1. The number of aromatic nitrogens is 1. The first kappa shape index (κ1) is 16.6. The molecule has 1 spiro atoms. The van der Waals surface area contributed by atoms with Crippen molar-refractivity contribution in [3.05, 3.63) is 58.4 Å². The van der Waals surface area contributed by atoms with Gasteiger partial charge < -0.3 is 14.0 Å². The number of nitrogens with zero attached hydrogens (tertiary/aromatic N) is 1. The zero-order valence-corrected chi connectivity index (χ0v) is 15.0. The molecule has 4 heteroatoms. The van der Waals surface area contributed by atoms with Gasteiger partial charge in [0, 0.05) is 36.3 Å². The molecule has 0 amide bonds. The van der Waals surface area contributed by atoms with E-state index in [0.29, 0.717) is 19.6 Å². The Balaban J connectivity index is 1.81. The molecule has 2 aliphatic rings. The van der Waals surface area contributed by atoms with E-state index in [9.17, 15) is 4.79 Å². The summed E-state index contributed by atoms with van der Waals surface area (Å²) in [6.07, 6.45) is 3.45. The van der Waals surface area contributed by atoms with Crippen LogP contribution in [-0.4, -0.2) is 29.9 Å². The van der Waals surface area contributed by atoms with Crippen LogP contribution in [0.5, 0.6) is 0 Å². The second-order valence-electron chi connectivity index (χ2n) is 7.35. The molecule has 4 rings (SSSR count). The number of ether oxygens (including phenoxy) is 2. The molecular formula is C21H25NO3. The summed E-state index contributed by atoms with van der Waals surface area (Å²) >= 11 is 0. The van der Waals surface area contributed by atoms with Gasteiger partial charge in [0.15, 0.2) is 12.1 Å². The first-order chi connectivity index (χ1) is 12.1. The zero-order valence-electron chi connectivity index (χ0n) is 15.0. The summed E-state index contributed by atoms with van der Waals surface area (Å²) in [5.41, 5.74) is 5.65. The third-order valence-corrected chi connectivity index (χ3v) is 5.42. The van der Waals surface area contributed by atoms with Crippen molar-refractivity contribution in [1.82, 2.24) is 4.57 Å². The van der Waals surface area contributed by atoms with Gasteiger partial charge in [-0.05, 0) is 23.5 Å². The molecule has 1 fully saturated rings. The maximum absolute atomic E-state index is 12.0. The van der Waals surface area contributed by atoms with Crippen LogP contribution in [0.15, 0.2) is 30.3 Å². The lowest BCUT2D eigenvalue weighted by molar-refractivity contribution is -0.164. The Kier molecular flexibility index (Phi) is 4.26. The highest BCUT2D eigenvalue weighted by Gasteiger charge is 2.43. The van der Waals surface area contributed by atoms with Crippen molar-refractivity contribution in [2.75, 3.05) is 13.2 Å². The number of hydrogen-bond donors (Lipinski definition) is 0. The summed E-state index contributed by atoms with van der Waals surface area (Å²) in [6, 6.07) is 10.5. The van der Waals surface area contributed by atoms with E-state index in [1.807, 2.05) is 6.07 Å². The fraction of sp³-hybridized carbons (Fsp3) is 0.476. The number of benzene rings is 1. The Labute approximate surface area is 148 Å². The van der Waals surface area contributed by atoms with Crippen molar-refractivity contribution in [1.29, 1.82) is 0 Å². The summed E-state index contributed by atoms with van der Waals surface area (Å²) in [7, 11) is 0. The Morgan fingerprint density at radius 1 is 1.20 bits per heavy atom. The minimum Gasteiger partial charge on any atom is -0.347 e. The third kappa shape index (κ3) is 2.83. The quantitative estimate of drug-likeness (QED) is 0.798. The average molecular weight is 339 g/mol. The number of hydrogen-bond acceptors (Lipinski definition) is 3. The number of fused-ring (bicyclic) bond motifs is 1. The van der Waals surface area contributed by atoms with E-state index >= 15 is 0 Å². The van der Waals surface area contributed by atoms with Crippen LogP contribution in [0, 0.1) is 0 Å². The lowest BCUT2D eigenvalue weighted by Crippen LogP contribution is -2.37. The normalized spacial score (nSPS) is 18.7. The molecule has 1 aromatic heterocycles. The average Bonchev–Trinajstić information content (AvgIpc) is 3.18. The largest absolute Gasteiger partial charge is 0.347 e. The van der Waals surface area contributed by atoms with Crippen LogP contribution >= 0.6 is 0 Å². The van der Waals surface area contributed by atoms with Crippen molar-refractivity contribution in [2.45, 2.75) is 51.4 Å². The van der Waals surface area contributed by atoms with Gasteiger partial charge in [0.2, 0.25) is 0 Å². The van der Waals surface area contributed by atoms with Gasteiger partial charge >= 0.3 is 0 Å². The molecule has 2 heterocycles. The fourth-order valence-electron chi connectivity index (χ4n) is 4.36. The molecule has 0 N–H and O–H groups in total. The van der Waals surface area contributed by atoms with E-state index in [1.165, 1.54) is 11.3 Å². The Morgan fingerprint density at radius 3 is 2.56 bits per heavy atom. The minimum absolute atomic E-state index is 0.288. The maximum atomic E-state index is 12.0. The Morgan fingerprint density at radius 2 is 1.92 bits per heavy atom. The van der Waals surface area contributed by atoms with Gasteiger partial charge in [-0.1, -0.05) is 44.2 Å². The summed E-state index contributed by atoms with van der Waals surface area (Å²) in [5, 5.41) is 0. The van der Waals surface area contributed by atoms with Gasteiger partial charge in [0.25, 0.3) is 0 Å². The second-order valence-corrected chi connectivity index (χ2v) is 7.35. The topological polar surface area (TPSA) is 40.5 Å². The molecule has 2 aromatic rings. The maximum Gasteiger partial charge on any atom is 0.172 e. The van der Waals surface area contributed by atoms with Gasteiger partial charge in [-0.15, -0.1) is 0 Å². The summed E-state index contributed by atoms with van der Waals surface area (Å²) < 4.78 is 14.2. The molecule has 0 atom stereocenters. The van der Waals surface area contributed by atoms with Crippen LogP contribution in [0.3, 0.4) is 0 Å². The predicted octanol–water partition coefficient (Wildman–Crippen LogP) is 3.70. The van der Waals surface area contributed by atoms with Gasteiger partial charge in [-0.2, -0.15) is 0 Å². The van der Waals surface area contributed by atoms with Gasteiger partial charge in [0.05, 0.1) is 13.2 Å². The van der Waals surface area contributed by atoms with Crippen LogP contribution in [0.2, 0.25) is 0 Å². The minimum atomic E-state index is -0.516. The van der Waals surface area contributed by atoms with Crippen molar-refractivity contribution in [3.63, 3.8) is 0 Å². The van der Waals surface area contributed by atoms with Gasteiger partial charge in [-0.25, -0.2) is 0 Å². The van der Waals surface area contributed by atoms with E-state index in [4.69, 9.17) is 9.47 Å². The molecule has 1 aliphatic carbocycles. The molecule has 0 bridgehead atoms. The number of carbonyl (C=O) groups is 1. The second kappa shape index (κ2) is 6.43. The van der Waals surface area contributed by atoms with Crippen LogP contribution in [-0.2, 0) is 28.9 Å². The third-order valence-electron chi connectivity index (χ3n) is 5.42. The summed E-state index contributed by atoms with van der Waals surface area (Å²) in [6.45, 7) is 6.42. The SMILES string of the molecule is CC(C)c1c(C=O)c2c(n1Cc1ccccc1)CCC1(C2)OCCO1. The lowest BCUT2D eigenvalue weighted by atomic mass is 9.89. The van der Waals surface area contributed by atoms with Crippen LogP contribution in [0.1, 0.15) is 59.1 Å². The molecule has 4 nitrogen and oxygen atoms in total. The van der Waals surface area contributed by atoms with Crippen LogP contribution in [0.25, 0.3) is 0 Å². The van der Waals surface area contributed by atoms with Crippen molar-refractivity contribution < 1.29 is 14.3 Å². The highest BCUT2D eigenvalue weighted by Crippen LogP contribution is 2.40. The Hall–Kier alpha value is -1.91. The van der Waals surface area contributed by atoms with E-state index < -0.39 is 5.79 Å². The smallest absolute Gasteiger partial charge is 0.172 e. The molecule has 132 valence electrons.